The molecule has 5 amide bonds. The first-order valence-electron chi connectivity index (χ1n) is 18.0. The van der Waals surface area contributed by atoms with Crippen molar-refractivity contribution in [3.8, 4) is 0 Å². The number of benzene rings is 1. The summed E-state index contributed by atoms with van der Waals surface area (Å²) < 4.78 is 18.1. The van der Waals surface area contributed by atoms with Crippen molar-refractivity contribution < 1.29 is 47.8 Å². The summed E-state index contributed by atoms with van der Waals surface area (Å²) >= 11 is 1.93. The summed E-state index contributed by atoms with van der Waals surface area (Å²) in [5.74, 6) is -3.28. The number of esters is 3. The van der Waals surface area contributed by atoms with Crippen LogP contribution in [-0.2, 0) is 46.5 Å². The van der Waals surface area contributed by atoms with Gasteiger partial charge in [0.05, 0.1) is 23.4 Å². The second kappa shape index (κ2) is 18.8. The highest BCUT2D eigenvalue weighted by molar-refractivity contribution is 14.1. The fourth-order valence-electron chi connectivity index (χ4n) is 5.27. The number of urea groups is 1. The average Bonchev–Trinajstić information content (AvgIpc) is 3.50. The van der Waals surface area contributed by atoms with Crippen LogP contribution in [0, 0.1) is 3.70 Å². The van der Waals surface area contributed by atoms with E-state index in [2.05, 4.69) is 26.3 Å². The van der Waals surface area contributed by atoms with Gasteiger partial charge in [0.15, 0.2) is 0 Å². The van der Waals surface area contributed by atoms with Gasteiger partial charge in [0.25, 0.3) is 11.8 Å². The van der Waals surface area contributed by atoms with Gasteiger partial charge in [-0.25, -0.2) is 19.1 Å². The zero-order valence-electron chi connectivity index (χ0n) is 32.9. The number of ether oxygens (including phenoxy) is 3. The zero-order valence-corrected chi connectivity index (χ0v) is 35.0. The maximum absolute atomic E-state index is 13.2. The van der Waals surface area contributed by atoms with Crippen LogP contribution in [0.4, 0.5) is 4.79 Å². The maximum Gasteiger partial charge on any atom is 0.329 e. The second-order valence-electron chi connectivity index (χ2n) is 16.0. The van der Waals surface area contributed by atoms with Crippen molar-refractivity contribution >= 4 is 64.3 Å². The Kier molecular flexibility index (Phi) is 15.3. The first-order chi connectivity index (χ1) is 25.4. The number of nitrogens with one attached hydrogen (secondary N) is 3. The Morgan fingerprint density at radius 2 is 1.27 bits per heavy atom. The number of aromatic nitrogens is 3. The summed E-state index contributed by atoms with van der Waals surface area (Å²) in [5, 5.41) is 16.0. The number of halogens is 1. The Balaban J connectivity index is 1.57. The molecule has 3 N–H and O–H groups in total. The molecule has 0 fully saturated rings. The molecule has 0 saturated heterocycles. The van der Waals surface area contributed by atoms with E-state index < -0.39 is 70.5 Å². The molecule has 1 aromatic heterocycles. The van der Waals surface area contributed by atoms with E-state index in [0.29, 0.717) is 33.4 Å². The largest absolute Gasteiger partial charge is 0.460 e. The van der Waals surface area contributed by atoms with Crippen molar-refractivity contribution in [2.24, 2.45) is 0 Å². The van der Waals surface area contributed by atoms with Gasteiger partial charge in [0.1, 0.15) is 39.1 Å². The lowest BCUT2D eigenvalue weighted by Crippen LogP contribution is -2.53. The molecule has 1 aromatic carbocycles. The smallest absolute Gasteiger partial charge is 0.329 e. The number of imide groups is 1. The van der Waals surface area contributed by atoms with Gasteiger partial charge >= 0.3 is 23.9 Å². The topological polar surface area (TPSA) is 217 Å². The Morgan fingerprint density at radius 1 is 0.764 bits per heavy atom. The maximum atomic E-state index is 13.2. The Morgan fingerprint density at radius 3 is 1.78 bits per heavy atom. The lowest BCUT2D eigenvalue weighted by molar-refractivity contribution is -0.159. The summed E-state index contributed by atoms with van der Waals surface area (Å²) in [6, 6.07) is 3.36. The number of carbonyl (C=O) groups is 7. The summed E-state index contributed by atoms with van der Waals surface area (Å²) in [4.78, 5) is 91.5. The minimum Gasteiger partial charge on any atom is -0.460 e. The van der Waals surface area contributed by atoms with E-state index in [9.17, 15) is 33.6 Å². The highest BCUT2D eigenvalue weighted by Crippen LogP contribution is 2.25. The molecular weight excluding hydrogens is 829 g/mol. The quantitative estimate of drug-likeness (QED) is 0.0722. The van der Waals surface area contributed by atoms with E-state index in [4.69, 9.17) is 14.2 Å². The summed E-state index contributed by atoms with van der Waals surface area (Å²) in [5.41, 5.74) is -1.42. The molecule has 0 spiro atoms. The van der Waals surface area contributed by atoms with Crippen LogP contribution in [0.25, 0.3) is 0 Å². The van der Waals surface area contributed by atoms with Crippen molar-refractivity contribution in [1.29, 1.82) is 0 Å². The highest BCUT2D eigenvalue weighted by atomic mass is 127. The molecule has 2 unspecified atom stereocenters. The van der Waals surface area contributed by atoms with Crippen LogP contribution in [0.1, 0.15) is 121 Å². The van der Waals surface area contributed by atoms with Crippen LogP contribution < -0.4 is 16.0 Å². The molecule has 302 valence electrons. The number of amides is 5. The lowest BCUT2D eigenvalue weighted by atomic mass is 10.1. The molecule has 55 heavy (non-hydrogen) atoms. The van der Waals surface area contributed by atoms with Crippen molar-refractivity contribution in [3.63, 3.8) is 0 Å². The van der Waals surface area contributed by atoms with Gasteiger partial charge in [-0.1, -0.05) is 17.3 Å². The number of hydrogen-bond acceptors (Lipinski definition) is 12. The van der Waals surface area contributed by atoms with Crippen molar-refractivity contribution in [3.05, 3.63) is 44.8 Å². The molecule has 0 saturated carbocycles. The van der Waals surface area contributed by atoms with Crippen LogP contribution in [-0.4, -0.2) is 97.0 Å². The zero-order chi connectivity index (χ0) is 41.3. The van der Waals surface area contributed by atoms with E-state index in [1.165, 1.54) is 4.68 Å². The molecule has 3 rings (SSSR count). The van der Waals surface area contributed by atoms with Gasteiger partial charge in [-0.2, -0.15) is 0 Å². The standard InChI is InChI=1S/C37H52IN7O10/c1-35(2,3)53-28(47)18-17-25(33(51)55-37(7,8)9)41-34(52)40-24(32(50)54-36(4,5)6)16-12-13-19-39-27(46)21-45-26(29(38)42-43-45)20-44-30(48)22-14-10-11-15-23(22)31(44)49/h10-11,14-15,24-25H,12-13,16-21H2,1-9H3,(H,39,46)(H2,40,41,52). The first-order valence-corrected chi connectivity index (χ1v) is 19.1. The van der Waals surface area contributed by atoms with Gasteiger partial charge in [0.2, 0.25) is 5.91 Å². The van der Waals surface area contributed by atoms with Gasteiger partial charge in [-0.05, 0) is 123 Å². The van der Waals surface area contributed by atoms with E-state index in [0.717, 1.165) is 4.90 Å². The number of unbranched alkanes of at least 4 members (excludes halogenated alkanes) is 1. The number of nitrogens with zero attached hydrogens (tertiary/aromatic N) is 4. The third-order valence-electron chi connectivity index (χ3n) is 7.56. The highest BCUT2D eigenvalue weighted by Gasteiger charge is 2.37. The molecule has 18 heteroatoms. The molecule has 1 aliphatic rings. The van der Waals surface area contributed by atoms with Gasteiger partial charge in [-0.3, -0.25) is 24.1 Å². The third-order valence-corrected chi connectivity index (χ3v) is 8.40. The van der Waals surface area contributed by atoms with E-state index in [-0.39, 0.29) is 38.9 Å². The fraction of sp³-hybridized carbons (Fsp3) is 0.595. The van der Waals surface area contributed by atoms with Gasteiger partial charge in [0, 0.05) is 13.0 Å². The molecule has 1 aliphatic heterocycles. The Labute approximate surface area is 334 Å². The second-order valence-corrected chi connectivity index (χ2v) is 17.0. The van der Waals surface area contributed by atoms with E-state index in [1.807, 2.05) is 22.6 Å². The van der Waals surface area contributed by atoms with Crippen LogP contribution in [0.5, 0.6) is 0 Å². The normalized spacial score (nSPS) is 14.1. The summed E-state index contributed by atoms with van der Waals surface area (Å²) in [6.45, 7) is 15.1. The van der Waals surface area contributed by atoms with Crippen LogP contribution in [0.15, 0.2) is 24.3 Å². The summed E-state index contributed by atoms with van der Waals surface area (Å²) in [7, 11) is 0. The van der Waals surface area contributed by atoms with E-state index >= 15 is 0 Å². The molecule has 0 bridgehead atoms. The number of hydrogen-bond donors (Lipinski definition) is 3. The van der Waals surface area contributed by atoms with Crippen LogP contribution >= 0.6 is 22.6 Å². The minimum atomic E-state index is -1.22. The first kappa shape index (κ1) is 44.8. The van der Waals surface area contributed by atoms with Crippen molar-refractivity contribution in [1.82, 2.24) is 35.8 Å². The fourth-order valence-corrected chi connectivity index (χ4v) is 5.81. The predicted octanol–water partition coefficient (Wildman–Crippen LogP) is 3.81. The number of fused-ring (bicyclic) bond motifs is 1. The SMILES string of the molecule is CC(C)(C)OC(=O)CCC(NC(=O)NC(CCCCNC(=O)Cn1nnc(I)c1CN1C(=O)c2ccccc2C1=O)C(=O)OC(C)(C)C)C(=O)OC(C)(C)C. The monoisotopic (exact) mass is 881 g/mol. The molecule has 2 heterocycles. The number of carbonyl (C=O) groups excluding carboxylic acids is 7. The van der Waals surface area contributed by atoms with Crippen LogP contribution in [0.2, 0.25) is 0 Å². The average molecular weight is 882 g/mol. The summed E-state index contributed by atoms with van der Waals surface area (Å²) in [6.07, 6.45) is 0.657. The van der Waals surface area contributed by atoms with E-state index in [1.54, 1.807) is 86.6 Å². The van der Waals surface area contributed by atoms with Crippen LogP contribution in [0.3, 0.4) is 0 Å². The number of rotatable bonds is 16. The van der Waals surface area contributed by atoms with Gasteiger partial charge in [-0.15, -0.1) is 5.10 Å². The van der Waals surface area contributed by atoms with Crippen molar-refractivity contribution in [2.75, 3.05) is 6.54 Å². The molecule has 2 aromatic rings. The molecular formula is C37H52IN7O10. The molecule has 0 radical (unpaired) electrons. The molecule has 0 aliphatic carbocycles. The van der Waals surface area contributed by atoms with Crippen molar-refractivity contribution in [2.45, 2.75) is 136 Å². The molecule has 17 nitrogen and oxygen atoms in total. The lowest BCUT2D eigenvalue weighted by Gasteiger charge is -2.27. The minimum absolute atomic E-state index is 0.105. The Bertz CT molecular complexity index is 1720. The predicted molar refractivity (Wildman–Crippen MR) is 206 cm³/mol. The molecule has 2 atom stereocenters. The third kappa shape index (κ3) is 14.5. The Hall–Kier alpha value is -4.62. The van der Waals surface area contributed by atoms with Gasteiger partial charge < -0.3 is 30.2 Å².